The van der Waals surface area contributed by atoms with Crippen LogP contribution in [0.1, 0.15) is 0 Å². The van der Waals surface area contributed by atoms with Crippen molar-refractivity contribution in [2.24, 2.45) is 0 Å². The Morgan fingerprint density at radius 1 is 1.00 bits per heavy atom. The summed E-state index contributed by atoms with van der Waals surface area (Å²) < 4.78 is 0. The van der Waals surface area contributed by atoms with Crippen LogP contribution in [-0.4, -0.2) is 0 Å². The Kier molecular flexibility index (Phi) is 162. The second-order valence-electron chi connectivity index (χ2n) is 0. The van der Waals surface area contributed by atoms with Gasteiger partial charge in [0.05, 0.1) is 0 Å². The molecule has 0 aliphatic heterocycles. The van der Waals surface area contributed by atoms with E-state index in [-0.39, 0.29) is 71.7 Å². The van der Waals surface area contributed by atoms with Gasteiger partial charge in [-0.25, -0.2) is 0 Å². The van der Waals surface area contributed by atoms with Crippen LogP contribution in [0.2, 0.25) is 0 Å². The molecule has 0 bridgehead atoms. The molecule has 0 unspecified atom stereocenters. The van der Waals surface area contributed by atoms with Crippen LogP contribution in [0.5, 0.6) is 0 Å². The molecule has 1 radical (unpaired) electrons. The first-order chi connectivity index (χ1) is 0. The largest absolute Gasteiger partial charge is 0 e. The minimum absolute atomic E-state index is 0. The van der Waals surface area contributed by atoms with Crippen molar-refractivity contribution in [3.63, 3.8) is 0 Å². The summed E-state index contributed by atoms with van der Waals surface area (Å²) in [5, 5.41) is 0. The van der Waals surface area contributed by atoms with E-state index in [9.17, 15) is 0 Å². The molecule has 0 heterocycles. The molecule has 0 spiro atoms. The van der Waals surface area contributed by atoms with E-state index in [0.717, 1.165) is 0 Å². The monoisotopic (exact) mass is 361 g/mol. The van der Waals surface area contributed by atoms with Crippen molar-refractivity contribution in [2.75, 3.05) is 0 Å². The molecule has 4 heteroatoms. The van der Waals surface area contributed by atoms with Crippen molar-refractivity contribution >= 4 is 0 Å². The molecule has 35 valence electrons. The van der Waals surface area contributed by atoms with Gasteiger partial charge in [0, 0.05) is 71.7 Å². The zero-order valence-electron chi connectivity index (χ0n) is 1.38. The molecule has 0 N–H and O–H groups in total. The Morgan fingerprint density at radius 2 is 1.00 bits per heavy atom. The van der Waals surface area contributed by atoms with Gasteiger partial charge in [0.2, 0.25) is 0 Å². The Balaban J connectivity index is 0. The van der Waals surface area contributed by atoms with E-state index >= 15 is 0 Å². The smallest absolute Gasteiger partial charge is 0 e. The maximum Gasteiger partial charge on any atom is 0 e. The first-order valence-corrected chi connectivity index (χ1v) is 0. The molecule has 0 aromatic heterocycles. The van der Waals surface area contributed by atoms with E-state index in [4.69, 9.17) is 0 Å². The second-order valence-corrected chi connectivity index (χ2v) is 0. The summed E-state index contributed by atoms with van der Waals surface area (Å²) in [7, 11) is 0. The molecule has 0 amide bonds. The minimum atomic E-state index is 0. The fourth-order valence-corrected chi connectivity index (χ4v) is 0. The number of hydrogen-bond acceptors (Lipinski definition) is 0. The average Bonchev–Trinajstić information content (AvgIpc) is 0. The second kappa shape index (κ2) is 18.9. The van der Waals surface area contributed by atoms with Gasteiger partial charge in [0.25, 0.3) is 0 Å². The Labute approximate surface area is 71.0 Å². The standard InChI is InChI=1S/Cu.Fe.Ni.W. The van der Waals surface area contributed by atoms with Gasteiger partial charge in [-0.3, -0.25) is 0 Å². The average molecular weight is 362 g/mol. The van der Waals surface area contributed by atoms with Gasteiger partial charge < -0.3 is 0 Å². The molecule has 0 aliphatic carbocycles. The number of hydrogen-bond donors (Lipinski definition) is 0. The van der Waals surface area contributed by atoms with Crippen molar-refractivity contribution in [3.05, 3.63) is 0 Å². The molecule has 0 rings (SSSR count). The maximum absolute atomic E-state index is 0. The van der Waals surface area contributed by atoms with Crippen LogP contribution in [0.3, 0.4) is 0 Å². The van der Waals surface area contributed by atoms with Crippen LogP contribution < -0.4 is 0 Å². The van der Waals surface area contributed by atoms with Crippen LogP contribution in [0.25, 0.3) is 0 Å². The summed E-state index contributed by atoms with van der Waals surface area (Å²) >= 11 is 0. The number of rotatable bonds is 0. The third-order valence-corrected chi connectivity index (χ3v) is 0. The summed E-state index contributed by atoms with van der Waals surface area (Å²) in [6.45, 7) is 0. The molecule has 0 saturated carbocycles. The summed E-state index contributed by atoms with van der Waals surface area (Å²) in [6.07, 6.45) is 0. The van der Waals surface area contributed by atoms with E-state index in [1.54, 1.807) is 0 Å². The summed E-state index contributed by atoms with van der Waals surface area (Å²) in [4.78, 5) is 0. The Hall–Kier alpha value is 2.22. The van der Waals surface area contributed by atoms with E-state index < -0.39 is 0 Å². The fraction of sp³-hybridized carbons (Fsp3) is 0. The molecule has 0 saturated heterocycles. The normalized spacial score (nSPS) is 0. The molecule has 0 nitrogen and oxygen atoms in total. The van der Waals surface area contributed by atoms with E-state index in [1.807, 2.05) is 0 Å². The molecular formula is CuFeNiW. The SMILES string of the molecule is [Cu].[Fe].[Ni].[W]. The van der Waals surface area contributed by atoms with Crippen LogP contribution in [0.15, 0.2) is 0 Å². The van der Waals surface area contributed by atoms with Gasteiger partial charge in [-0.15, -0.1) is 0 Å². The van der Waals surface area contributed by atoms with Crippen molar-refractivity contribution in [2.45, 2.75) is 0 Å². The summed E-state index contributed by atoms with van der Waals surface area (Å²) in [6, 6.07) is 0. The zero-order chi connectivity index (χ0) is 0. The minimum Gasteiger partial charge on any atom is 0 e. The maximum atomic E-state index is 0. The molecule has 0 atom stereocenters. The summed E-state index contributed by atoms with van der Waals surface area (Å²) in [5.74, 6) is 0. The van der Waals surface area contributed by atoms with Crippen LogP contribution in [-0.2, 0) is 71.7 Å². The molecule has 0 aromatic carbocycles. The third-order valence-electron chi connectivity index (χ3n) is 0. The van der Waals surface area contributed by atoms with Gasteiger partial charge in [-0.2, -0.15) is 0 Å². The zero-order valence-corrected chi connectivity index (χ0v) is 7.35. The topological polar surface area (TPSA) is 0 Å². The third kappa shape index (κ3) is 8.88. The van der Waals surface area contributed by atoms with Gasteiger partial charge in [0.1, 0.15) is 0 Å². The van der Waals surface area contributed by atoms with Gasteiger partial charge in [0.15, 0.2) is 0 Å². The molecular weight excluding hydrogens is 362 g/mol. The van der Waals surface area contributed by atoms with Crippen LogP contribution >= 0.6 is 0 Å². The van der Waals surface area contributed by atoms with Crippen molar-refractivity contribution in [1.29, 1.82) is 0 Å². The molecule has 0 aliphatic rings. The van der Waals surface area contributed by atoms with Crippen LogP contribution in [0, 0.1) is 0 Å². The Morgan fingerprint density at radius 3 is 1.00 bits per heavy atom. The summed E-state index contributed by atoms with van der Waals surface area (Å²) in [5.41, 5.74) is 0. The molecule has 0 fully saturated rings. The van der Waals surface area contributed by atoms with Gasteiger partial charge in [-0.1, -0.05) is 0 Å². The van der Waals surface area contributed by atoms with Crippen molar-refractivity contribution in [3.8, 4) is 0 Å². The molecule has 4 heavy (non-hydrogen) atoms. The fourth-order valence-electron chi connectivity index (χ4n) is 0. The Bertz CT molecular complexity index is 8.00. The quantitative estimate of drug-likeness (QED) is 0.532. The van der Waals surface area contributed by atoms with Gasteiger partial charge in [-0.05, 0) is 0 Å². The predicted octanol–water partition coefficient (Wildman–Crippen LogP) is -0.0100. The van der Waals surface area contributed by atoms with E-state index in [2.05, 4.69) is 0 Å². The van der Waals surface area contributed by atoms with Crippen molar-refractivity contribution < 1.29 is 71.7 Å². The molecule has 0 aromatic rings. The van der Waals surface area contributed by atoms with Crippen LogP contribution in [0.4, 0.5) is 0 Å². The van der Waals surface area contributed by atoms with E-state index in [0.29, 0.717) is 0 Å². The van der Waals surface area contributed by atoms with Crippen molar-refractivity contribution in [1.82, 2.24) is 0 Å². The first kappa shape index (κ1) is 34.4. The first-order valence-electron chi connectivity index (χ1n) is 0. The predicted molar refractivity (Wildman–Crippen MR) is 0 cm³/mol. The van der Waals surface area contributed by atoms with Gasteiger partial charge >= 0.3 is 0 Å². The van der Waals surface area contributed by atoms with E-state index in [1.165, 1.54) is 0 Å².